The van der Waals surface area contributed by atoms with Crippen LogP contribution in [0.3, 0.4) is 0 Å². The molecular formula is C22H19Cl2N5O4. The molecule has 0 fully saturated rings. The highest BCUT2D eigenvalue weighted by atomic mass is 35.5. The number of amides is 2. The van der Waals surface area contributed by atoms with Crippen molar-refractivity contribution in [3.8, 4) is 5.75 Å². The summed E-state index contributed by atoms with van der Waals surface area (Å²) >= 11 is 12.1. The Hall–Kier alpha value is -3.56. The molecule has 1 atom stereocenters. The van der Waals surface area contributed by atoms with E-state index in [1.165, 1.54) is 13.2 Å². The topological polar surface area (TPSA) is 125 Å². The highest BCUT2D eigenvalue weighted by molar-refractivity contribution is 6.36. The van der Waals surface area contributed by atoms with Crippen molar-refractivity contribution < 1.29 is 14.3 Å². The number of fused-ring (bicyclic) bond motifs is 1. The zero-order valence-electron chi connectivity index (χ0n) is 17.6. The third kappa shape index (κ3) is 4.79. The summed E-state index contributed by atoms with van der Waals surface area (Å²) in [6.07, 6.45) is -0.201. The summed E-state index contributed by atoms with van der Waals surface area (Å²) < 4.78 is 5.29. The average Bonchev–Trinajstić information content (AvgIpc) is 2.75. The van der Waals surface area contributed by atoms with Gasteiger partial charge in [0.25, 0.3) is 5.56 Å². The van der Waals surface area contributed by atoms with Gasteiger partial charge in [0.1, 0.15) is 11.6 Å². The van der Waals surface area contributed by atoms with Gasteiger partial charge < -0.3 is 20.7 Å². The molecule has 0 bridgehead atoms. The number of ether oxygens (including phenoxy) is 1. The van der Waals surface area contributed by atoms with Crippen molar-refractivity contribution in [1.29, 1.82) is 0 Å². The molecule has 2 aromatic carbocycles. The van der Waals surface area contributed by atoms with Crippen molar-refractivity contribution in [2.45, 2.75) is 19.3 Å². The molecule has 0 saturated carbocycles. The van der Waals surface area contributed by atoms with Gasteiger partial charge >= 0.3 is 0 Å². The Morgan fingerprint density at radius 1 is 1.15 bits per heavy atom. The first-order valence-corrected chi connectivity index (χ1v) is 10.6. The van der Waals surface area contributed by atoms with Crippen molar-refractivity contribution in [2.75, 3.05) is 23.1 Å². The molecule has 1 aromatic heterocycles. The summed E-state index contributed by atoms with van der Waals surface area (Å²) in [5.74, 6) is -1.50. The fraction of sp³-hybridized carbons (Fsp3) is 0.182. The maximum absolute atomic E-state index is 13.1. The Kier molecular flexibility index (Phi) is 6.26. The zero-order valence-corrected chi connectivity index (χ0v) is 19.1. The number of halogens is 2. The van der Waals surface area contributed by atoms with E-state index in [0.717, 1.165) is 5.56 Å². The van der Waals surface area contributed by atoms with Gasteiger partial charge in [-0.3, -0.25) is 19.4 Å². The van der Waals surface area contributed by atoms with Crippen LogP contribution in [0.5, 0.6) is 5.75 Å². The van der Waals surface area contributed by atoms with Crippen LogP contribution in [0.1, 0.15) is 23.5 Å². The number of rotatable bonds is 5. The largest absolute Gasteiger partial charge is 0.495 e. The molecule has 0 spiro atoms. The van der Waals surface area contributed by atoms with Crippen LogP contribution < -0.4 is 26.2 Å². The van der Waals surface area contributed by atoms with Gasteiger partial charge in [-0.25, -0.2) is 0 Å². The lowest BCUT2D eigenvalue weighted by atomic mass is 9.92. The van der Waals surface area contributed by atoms with E-state index in [0.29, 0.717) is 27.2 Å². The van der Waals surface area contributed by atoms with Gasteiger partial charge in [0, 0.05) is 11.4 Å². The van der Waals surface area contributed by atoms with Crippen molar-refractivity contribution >= 4 is 58.2 Å². The standard InChI is InChI=1S/C22H19Cl2N5O4/c1-10-3-6-16(33-2)15(7-10)25-20(31)12-9-17(30)27-19-18(12)21(32)29-22(28-19)26-14-5-4-11(23)8-13(14)24/h3-8,12H,9H2,1-2H3,(H,25,31)(H3,26,27,28,29,30,32). The third-order valence-electron chi connectivity index (χ3n) is 5.06. The van der Waals surface area contributed by atoms with Crippen LogP contribution in [-0.4, -0.2) is 28.9 Å². The van der Waals surface area contributed by atoms with E-state index in [4.69, 9.17) is 27.9 Å². The molecular weight excluding hydrogens is 469 g/mol. The molecule has 33 heavy (non-hydrogen) atoms. The molecule has 2 heterocycles. The Balaban J connectivity index is 1.66. The Morgan fingerprint density at radius 3 is 2.67 bits per heavy atom. The zero-order chi connectivity index (χ0) is 23.7. The molecule has 0 saturated heterocycles. The predicted octanol–water partition coefficient (Wildman–Crippen LogP) is 4.20. The summed E-state index contributed by atoms with van der Waals surface area (Å²) in [5, 5.41) is 8.97. The molecule has 2 amide bonds. The lowest BCUT2D eigenvalue weighted by molar-refractivity contribution is -0.123. The fourth-order valence-corrected chi connectivity index (χ4v) is 3.97. The molecule has 3 aromatic rings. The number of hydrogen-bond acceptors (Lipinski definition) is 6. The molecule has 4 N–H and O–H groups in total. The third-order valence-corrected chi connectivity index (χ3v) is 5.61. The first-order chi connectivity index (χ1) is 15.7. The Morgan fingerprint density at radius 2 is 1.94 bits per heavy atom. The monoisotopic (exact) mass is 487 g/mol. The first-order valence-electron chi connectivity index (χ1n) is 9.87. The number of benzene rings is 2. The summed E-state index contributed by atoms with van der Waals surface area (Å²) in [6.45, 7) is 1.87. The number of carbonyl (C=O) groups is 2. The Bertz CT molecular complexity index is 1320. The van der Waals surface area contributed by atoms with Gasteiger partial charge in [0.05, 0.1) is 35.0 Å². The van der Waals surface area contributed by atoms with E-state index < -0.39 is 23.3 Å². The van der Waals surface area contributed by atoms with Gasteiger partial charge in [-0.1, -0.05) is 29.3 Å². The second kappa shape index (κ2) is 9.13. The van der Waals surface area contributed by atoms with Gasteiger partial charge in [0.15, 0.2) is 0 Å². The number of nitrogens with zero attached hydrogens (tertiary/aromatic N) is 1. The van der Waals surface area contributed by atoms with Crippen LogP contribution in [0.25, 0.3) is 0 Å². The van der Waals surface area contributed by atoms with E-state index in [1.54, 1.807) is 24.3 Å². The molecule has 9 nitrogen and oxygen atoms in total. The maximum atomic E-state index is 13.1. The van der Waals surface area contributed by atoms with Crippen LogP contribution in [0, 0.1) is 6.92 Å². The maximum Gasteiger partial charge on any atom is 0.258 e. The van der Waals surface area contributed by atoms with Crippen molar-refractivity contribution in [3.05, 3.63) is 67.9 Å². The number of hydrogen-bond donors (Lipinski definition) is 4. The number of H-pyrrole nitrogens is 1. The van der Waals surface area contributed by atoms with E-state index in [1.807, 2.05) is 13.0 Å². The van der Waals surface area contributed by atoms with Crippen LogP contribution in [0.15, 0.2) is 41.2 Å². The highest BCUT2D eigenvalue weighted by Crippen LogP contribution is 2.33. The number of anilines is 4. The molecule has 0 aliphatic carbocycles. The lowest BCUT2D eigenvalue weighted by Gasteiger charge is -2.24. The molecule has 170 valence electrons. The number of aromatic nitrogens is 2. The van der Waals surface area contributed by atoms with E-state index >= 15 is 0 Å². The minimum Gasteiger partial charge on any atom is -0.495 e. The molecule has 11 heteroatoms. The second-order valence-electron chi connectivity index (χ2n) is 7.42. The van der Waals surface area contributed by atoms with Crippen LogP contribution in [0.2, 0.25) is 10.0 Å². The second-order valence-corrected chi connectivity index (χ2v) is 8.27. The van der Waals surface area contributed by atoms with Crippen LogP contribution in [-0.2, 0) is 9.59 Å². The SMILES string of the molecule is COc1ccc(C)cc1NC(=O)C1CC(=O)Nc2nc(Nc3ccc(Cl)cc3Cl)[nH]c(=O)c21. The molecule has 0 radical (unpaired) electrons. The number of methoxy groups -OCH3 is 1. The number of nitrogens with one attached hydrogen (secondary N) is 4. The van der Waals surface area contributed by atoms with Gasteiger partial charge in [-0.2, -0.15) is 4.98 Å². The Labute approximate surface area is 198 Å². The quantitative estimate of drug-likeness (QED) is 0.427. The van der Waals surface area contributed by atoms with Gasteiger partial charge in [0.2, 0.25) is 17.8 Å². The van der Waals surface area contributed by atoms with Crippen molar-refractivity contribution in [2.24, 2.45) is 0 Å². The number of carbonyl (C=O) groups excluding carboxylic acids is 2. The smallest absolute Gasteiger partial charge is 0.258 e. The first kappa shape index (κ1) is 22.6. The summed E-state index contributed by atoms with van der Waals surface area (Å²) in [5.41, 5.74) is 1.29. The summed E-state index contributed by atoms with van der Waals surface area (Å²) in [6, 6.07) is 10.1. The normalized spacial score (nSPS) is 14.8. The minimum atomic E-state index is -1.04. The average molecular weight is 488 g/mol. The van der Waals surface area contributed by atoms with Crippen LogP contribution >= 0.6 is 23.2 Å². The molecule has 1 aliphatic rings. The van der Waals surface area contributed by atoms with E-state index in [-0.39, 0.29) is 23.8 Å². The molecule has 1 unspecified atom stereocenters. The lowest BCUT2D eigenvalue weighted by Crippen LogP contribution is -2.36. The number of aryl methyl sites for hydroxylation is 1. The summed E-state index contributed by atoms with van der Waals surface area (Å²) in [4.78, 5) is 45.2. The molecule has 4 rings (SSSR count). The predicted molar refractivity (Wildman–Crippen MR) is 127 cm³/mol. The van der Waals surface area contributed by atoms with Gasteiger partial charge in [-0.05, 0) is 42.8 Å². The molecule has 1 aliphatic heterocycles. The van der Waals surface area contributed by atoms with Crippen molar-refractivity contribution in [1.82, 2.24) is 9.97 Å². The van der Waals surface area contributed by atoms with Crippen molar-refractivity contribution in [3.63, 3.8) is 0 Å². The summed E-state index contributed by atoms with van der Waals surface area (Å²) in [7, 11) is 1.49. The number of aromatic amines is 1. The van der Waals surface area contributed by atoms with Crippen LogP contribution in [0.4, 0.5) is 23.1 Å². The minimum absolute atomic E-state index is 0.000979. The van der Waals surface area contributed by atoms with Gasteiger partial charge in [-0.15, -0.1) is 0 Å². The fourth-order valence-electron chi connectivity index (χ4n) is 3.51. The van der Waals surface area contributed by atoms with E-state index in [2.05, 4.69) is 25.9 Å². The van der Waals surface area contributed by atoms with E-state index in [9.17, 15) is 14.4 Å². The highest BCUT2D eigenvalue weighted by Gasteiger charge is 2.35.